The second-order valence-electron chi connectivity index (χ2n) is 4.95. The maximum Gasteiger partial charge on any atom is 0.321 e. The molecule has 0 saturated carbocycles. The Labute approximate surface area is 131 Å². The van der Waals surface area contributed by atoms with E-state index in [0.29, 0.717) is 5.75 Å². The third-order valence-electron chi connectivity index (χ3n) is 3.39. The topological polar surface area (TPSA) is 52.3 Å². The number of hydrogen-bond acceptors (Lipinski definition) is 4. The monoisotopic (exact) mass is 306 g/mol. The SMILES string of the molecule is Fc1ccc(Oc2ncc(-c3ccc4cncn4c3)cn2)cc1. The lowest BCUT2D eigenvalue weighted by atomic mass is 10.1. The first-order valence-corrected chi connectivity index (χ1v) is 6.95. The molecule has 4 rings (SSSR count). The Balaban J connectivity index is 1.58. The summed E-state index contributed by atoms with van der Waals surface area (Å²) in [6, 6.07) is 9.87. The molecule has 0 unspecified atom stereocenters. The summed E-state index contributed by atoms with van der Waals surface area (Å²) in [6.45, 7) is 0. The molecule has 3 aromatic heterocycles. The highest BCUT2D eigenvalue weighted by molar-refractivity contribution is 5.63. The third-order valence-corrected chi connectivity index (χ3v) is 3.39. The van der Waals surface area contributed by atoms with E-state index >= 15 is 0 Å². The lowest BCUT2D eigenvalue weighted by molar-refractivity contribution is 0.440. The summed E-state index contributed by atoms with van der Waals surface area (Å²) in [5.41, 5.74) is 2.86. The van der Waals surface area contributed by atoms with Gasteiger partial charge in [-0.25, -0.2) is 19.3 Å². The predicted molar refractivity (Wildman–Crippen MR) is 82.7 cm³/mol. The quantitative estimate of drug-likeness (QED) is 0.579. The van der Waals surface area contributed by atoms with Gasteiger partial charge < -0.3 is 9.14 Å². The zero-order valence-corrected chi connectivity index (χ0v) is 11.9. The highest BCUT2D eigenvalue weighted by Gasteiger charge is 2.04. The van der Waals surface area contributed by atoms with Crippen molar-refractivity contribution in [1.82, 2.24) is 19.4 Å². The van der Waals surface area contributed by atoms with Crippen molar-refractivity contribution in [3.8, 4) is 22.9 Å². The average molecular weight is 306 g/mol. The zero-order chi connectivity index (χ0) is 15.6. The highest BCUT2D eigenvalue weighted by Crippen LogP contribution is 2.22. The minimum atomic E-state index is -0.316. The summed E-state index contributed by atoms with van der Waals surface area (Å²) < 4.78 is 20.3. The Morgan fingerprint density at radius 1 is 0.870 bits per heavy atom. The van der Waals surface area contributed by atoms with E-state index < -0.39 is 0 Å². The van der Waals surface area contributed by atoms with E-state index in [1.165, 1.54) is 24.3 Å². The fourth-order valence-electron chi connectivity index (χ4n) is 2.22. The van der Waals surface area contributed by atoms with Crippen molar-refractivity contribution in [2.75, 3.05) is 0 Å². The second-order valence-corrected chi connectivity index (χ2v) is 4.95. The van der Waals surface area contributed by atoms with Gasteiger partial charge in [0.15, 0.2) is 0 Å². The molecular formula is C17H11FN4O. The van der Waals surface area contributed by atoms with E-state index in [2.05, 4.69) is 15.0 Å². The Bertz CT molecular complexity index is 948. The molecule has 0 aliphatic carbocycles. The van der Waals surface area contributed by atoms with Crippen LogP contribution in [0.4, 0.5) is 4.39 Å². The van der Waals surface area contributed by atoms with Gasteiger partial charge in [0.25, 0.3) is 0 Å². The van der Waals surface area contributed by atoms with Crippen LogP contribution in [0.15, 0.2) is 67.5 Å². The predicted octanol–water partition coefficient (Wildman–Crippen LogP) is 3.72. The first-order valence-electron chi connectivity index (χ1n) is 6.95. The average Bonchev–Trinajstić information content (AvgIpc) is 3.05. The van der Waals surface area contributed by atoms with Crippen LogP contribution in [0, 0.1) is 5.82 Å². The summed E-state index contributed by atoms with van der Waals surface area (Å²) >= 11 is 0. The number of fused-ring (bicyclic) bond motifs is 1. The van der Waals surface area contributed by atoms with Crippen LogP contribution in [-0.4, -0.2) is 19.4 Å². The molecule has 0 atom stereocenters. The molecule has 0 bridgehead atoms. The van der Waals surface area contributed by atoms with Crippen molar-refractivity contribution in [2.24, 2.45) is 0 Å². The number of benzene rings is 1. The lowest BCUT2D eigenvalue weighted by Gasteiger charge is -2.05. The molecule has 6 heteroatoms. The Hall–Kier alpha value is -3.28. The van der Waals surface area contributed by atoms with Gasteiger partial charge in [-0.1, -0.05) is 6.07 Å². The van der Waals surface area contributed by atoms with Gasteiger partial charge in [0.2, 0.25) is 0 Å². The maximum atomic E-state index is 12.9. The summed E-state index contributed by atoms with van der Waals surface area (Å²) in [6.07, 6.45) is 8.86. The van der Waals surface area contributed by atoms with Gasteiger partial charge in [0, 0.05) is 29.7 Å². The molecule has 0 amide bonds. The van der Waals surface area contributed by atoms with Crippen LogP contribution in [-0.2, 0) is 0 Å². The molecular weight excluding hydrogens is 295 g/mol. The number of aromatic nitrogens is 4. The number of pyridine rings is 1. The van der Waals surface area contributed by atoms with Gasteiger partial charge >= 0.3 is 6.01 Å². The lowest BCUT2D eigenvalue weighted by Crippen LogP contribution is -1.93. The standard InChI is InChI=1S/C17H11FN4O/c18-14-2-5-16(6-3-14)23-17-20-7-13(8-21-17)12-1-4-15-9-19-11-22(15)10-12/h1-11H. The minimum Gasteiger partial charge on any atom is -0.424 e. The van der Waals surface area contributed by atoms with Crippen LogP contribution in [0.5, 0.6) is 11.8 Å². The molecule has 1 aromatic carbocycles. The molecule has 5 nitrogen and oxygen atoms in total. The van der Waals surface area contributed by atoms with Crippen LogP contribution >= 0.6 is 0 Å². The minimum absolute atomic E-state index is 0.212. The Morgan fingerprint density at radius 3 is 2.43 bits per heavy atom. The first-order chi connectivity index (χ1) is 11.3. The highest BCUT2D eigenvalue weighted by atomic mass is 19.1. The van der Waals surface area contributed by atoms with Crippen molar-refractivity contribution < 1.29 is 9.13 Å². The van der Waals surface area contributed by atoms with Crippen molar-refractivity contribution in [1.29, 1.82) is 0 Å². The Morgan fingerprint density at radius 2 is 1.65 bits per heavy atom. The van der Waals surface area contributed by atoms with Gasteiger partial charge in [0.1, 0.15) is 11.6 Å². The van der Waals surface area contributed by atoms with E-state index in [-0.39, 0.29) is 11.8 Å². The van der Waals surface area contributed by atoms with E-state index in [1.54, 1.807) is 24.9 Å². The van der Waals surface area contributed by atoms with Crippen LogP contribution in [0.2, 0.25) is 0 Å². The number of rotatable bonds is 3. The molecule has 112 valence electrons. The molecule has 3 heterocycles. The van der Waals surface area contributed by atoms with Gasteiger partial charge in [-0.15, -0.1) is 0 Å². The van der Waals surface area contributed by atoms with E-state index in [1.807, 2.05) is 22.7 Å². The molecule has 23 heavy (non-hydrogen) atoms. The fraction of sp³-hybridized carbons (Fsp3) is 0. The molecule has 0 aliphatic heterocycles. The maximum absolute atomic E-state index is 12.9. The van der Waals surface area contributed by atoms with Crippen LogP contribution in [0.25, 0.3) is 16.6 Å². The smallest absolute Gasteiger partial charge is 0.321 e. The van der Waals surface area contributed by atoms with Crippen molar-refractivity contribution in [3.63, 3.8) is 0 Å². The fourth-order valence-corrected chi connectivity index (χ4v) is 2.22. The molecule has 0 saturated heterocycles. The third kappa shape index (κ3) is 2.74. The zero-order valence-electron chi connectivity index (χ0n) is 11.9. The van der Waals surface area contributed by atoms with E-state index in [0.717, 1.165) is 16.6 Å². The number of nitrogens with zero attached hydrogens (tertiary/aromatic N) is 4. The molecule has 0 spiro atoms. The number of imidazole rings is 1. The first kappa shape index (κ1) is 13.4. The number of ether oxygens (including phenoxy) is 1. The van der Waals surface area contributed by atoms with Crippen molar-refractivity contribution in [3.05, 3.63) is 73.3 Å². The van der Waals surface area contributed by atoms with Crippen LogP contribution in [0.1, 0.15) is 0 Å². The van der Waals surface area contributed by atoms with E-state index in [4.69, 9.17) is 4.74 Å². The largest absolute Gasteiger partial charge is 0.424 e. The molecule has 0 radical (unpaired) electrons. The van der Waals surface area contributed by atoms with Crippen LogP contribution in [0.3, 0.4) is 0 Å². The van der Waals surface area contributed by atoms with E-state index in [9.17, 15) is 4.39 Å². The summed E-state index contributed by atoms with van der Waals surface area (Å²) in [5.74, 6) is 0.169. The molecule has 0 fully saturated rings. The Kier molecular flexibility index (Phi) is 3.20. The molecule has 4 aromatic rings. The number of hydrogen-bond donors (Lipinski definition) is 0. The summed E-state index contributed by atoms with van der Waals surface area (Å²) in [4.78, 5) is 12.5. The number of halogens is 1. The van der Waals surface area contributed by atoms with Gasteiger partial charge in [0.05, 0.1) is 18.0 Å². The summed E-state index contributed by atoms with van der Waals surface area (Å²) in [7, 11) is 0. The van der Waals surface area contributed by atoms with Gasteiger partial charge in [-0.2, -0.15) is 0 Å². The summed E-state index contributed by atoms with van der Waals surface area (Å²) in [5, 5.41) is 0. The van der Waals surface area contributed by atoms with Crippen molar-refractivity contribution >= 4 is 5.52 Å². The van der Waals surface area contributed by atoms with Crippen molar-refractivity contribution in [2.45, 2.75) is 0 Å². The normalized spacial score (nSPS) is 10.8. The van der Waals surface area contributed by atoms with Gasteiger partial charge in [-0.3, -0.25) is 0 Å². The molecule has 0 N–H and O–H groups in total. The van der Waals surface area contributed by atoms with Crippen LogP contribution < -0.4 is 4.74 Å². The van der Waals surface area contributed by atoms with Gasteiger partial charge in [-0.05, 0) is 30.3 Å². The second kappa shape index (κ2) is 5.49. The molecule has 0 aliphatic rings.